The van der Waals surface area contributed by atoms with Gasteiger partial charge in [0.05, 0.1) is 16.5 Å². The van der Waals surface area contributed by atoms with Gasteiger partial charge in [0.25, 0.3) is 17.4 Å². The van der Waals surface area contributed by atoms with Gasteiger partial charge in [-0.25, -0.2) is 0 Å². The monoisotopic (exact) mass is 434 g/mol. The molecule has 3 aromatic carbocycles. The van der Waals surface area contributed by atoms with E-state index < -0.39 is 22.7 Å². The van der Waals surface area contributed by atoms with Crippen molar-refractivity contribution in [2.45, 2.75) is 6.04 Å². The Hall–Kier alpha value is -3.97. The highest BCUT2D eigenvalue weighted by Gasteiger charge is 2.47. The second-order valence-corrected chi connectivity index (χ2v) is 7.30. The van der Waals surface area contributed by atoms with Crippen LogP contribution in [0.15, 0.2) is 84.4 Å². The number of aliphatic hydroxyl groups excluding tert-OH is 1. The number of nitrogens with zero attached hydrogens (tertiary/aromatic N) is 2. The predicted molar refractivity (Wildman–Crippen MR) is 116 cm³/mol. The molecule has 8 heteroatoms. The Morgan fingerprint density at radius 1 is 0.968 bits per heavy atom. The van der Waals surface area contributed by atoms with Crippen molar-refractivity contribution < 1.29 is 19.6 Å². The molecule has 1 aliphatic heterocycles. The summed E-state index contributed by atoms with van der Waals surface area (Å²) in [4.78, 5) is 38.0. The van der Waals surface area contributed by atoms with E-state index in [1.165, 1.54) is 35.2 Å². The normalized spacial score (nSPS) is 17.7. The molecule has 1 N–H and O–H groups in total. The van der Waals surface area contributed by atoms with E-state index in [1.54, 1.807) is 48.5 Å². The van der Waals surface area contributed by atoms with Crippen LogP contribution >= 0.6 is 11.6 Å². The molecule has 0 saturated carbocycles. The minimum absolute atomic E-state index is 0.156. The van der Waals surface area contributed by atoms with E-state index in [4.69, 9.17) is 11.6 Å². The van der Waals surface area contributed by atoms with Gasteiger partial charge in [0.2, 0.25) is 0 Å². The third-order valence-corrected chi connectivity index (χ3v) is 5.25. The molecule has 1 atom stereocenters. The number of carbonyl (C=O) groups excluding carboxylic acids is 2. The Balaban J connectivity index is 1.96. The van der Waals surface area contributed by atoms with Crippen LogP contribution in [-0.2, 0) is 9.59 Å². The fraction of sp³-hybridized carbons (Fsp3) is 0.0435. The molecule has 0 aliphatic carbocycles. The Labute approximate surface area is 182 Å². The molecule has 0 radical (unpaired) electrons. The minimum Gasteiger partial charge on any atom is -0.507 e. The van der Waals surface area contributed by atoms with Gasteiger partial charge < -0.3 is 5.11 Å². The smallest absolute Gasteiger partial charge is 0.300 e. The Kier molecular flexibility index (Phi) is 5.27. The lowest BCUT2D eigenvalue weighted by Crippen LogP contribution is -2.29. The first kappa shape index (κ1) is 20.3. The van der Waals surface area contributed by atoms with Crippen LogP contribution in [0.2, 0.25) is 5.02 Å². The molecular weight excluding hydrogens is 420 g/mol. The molecule has 1 heterocycles. The number of carbonyl (C=O) groups is 2. The molecule has 3 aromatic rings. The van der Waals surface area contributed by atoms with Gasteiger partial charge in [0, 0.05) is 28.4 Å². The van der Waals surface area contributed by atoms with Crippen molar-refractivity contribution in [3.63, 3.8) is 0 Å². The fourth-order valence-electron chi connectivity index (χ4n) is 3.57. The zero-order valence-corrected chi connectivity index (χ0v) is 16.7. The van der Waals surface area contributed by atoms with Crippen LogP contribution in [0.3, 0.4) is 0 Å². The van der Waals surface area contributed by atoms with Crippen LogP contribution in [-0.4, -0.2) is 21.7 Å². The third kappa shape index (κ3) is 3.67. The van der Waals surface area contributed by atoms with Gasteiger partial charge in [0.1, 0.15) is 5.76 Å². The summed E-state index contributed by atoms with van der Waals surface area (Å²) in [5.41, 5.74) is 0.703. The average Bonchev–Trinajstić information content (AvgIpc) is 3.05. The number of hydrogen-bond donors (Lipinski definition) is 1. The second-order valence-electron chi connectivity index (χ2n) is 6.86. The highest BCUT2D eigenvalue weighted by molar-refractivity contribution is 6.51. The SMILES string of the molecule is O=C1C(=O)N(c2ccccc2)C(c2cccc([N+](=O)[O-])c2)C1=C(O)c1ccc(Cl)cc1. The van der Waals surface area contributed by atoms with Crippen LogP contribution in [0.25, 0.3) is 5.76 Å². The largest absolute Gasteiger partial charge is 0.507 e. The van der Waals surface area contributed by atoms with Crippen molar-refractivity contribution in [2.24, 2.45) is 0 Å². The van der Waals surface area contributed by atoms with Gasteiger partial charge in [-0.15, -0.1) is 0 Å². The molecule has 1 amide bonds. The van der Waals surface area contributed by atoms with Crippen molar-refractivity contribution >= 4 is 40.4 Å². The molecule has 7 nitrogen and oxygen atoms in total. The lowest BCUT2D eigenvalue weighted by atomic mass is 9.95. The number of nitro benzene ring substituents is 1. The van der Waals surface area contributed by atoms with Gasteiger partial charge in [-0.3, -0.25) is 24.6 Å². The molecule has 1 saturated heterocycles. The Morgan fingerprint density at radius 2 is 1.65 bits per heavy atom. The van der Waals surface area contributed by atoms with Crippen molar-refractivity contribution in [2.75, 3.05) is 4.90 Å². The summed E-state index contributed by atoms with van der Waals surface area (Å²) in [6.45, 7) is 0. The number of ketones is 1. The van der Waals surface area contributed by atoms with Gasteiger partial charge >= 0.3 is 0 Å². The third-order valence-electron chi connectivity index (χ3n) is 4.99. The maximum atomic E-state index is 13.0. The van der Waals surface area contributed by atoms with E-state index in [9.17, 15) is 24.8 Å². The molecule has 154 valence electrons. The predicted octanol–water partition coefficient (Wildman–Crippen LogP) is 4.87. The van der Waals surface area contributed by atoms with E-state index >= 15 is 0 Å². The van der Waals surface area contributed by atoms with Crippen molar-refractivity contribution in [3.8, 4) is 0 Å². The quantitative estimate of drug-likeness (QED) is 0.207. The van der Waals surface area contributed by atoms with E-state index in [1.807, 2.05) is 0 Å². The van der Waals surface area contributed by atoms with Gasteiger partial charge in [0.15, 0.2) is 0 Å². The van der Waals surface area contributed by atoms with Crippen LogP contribution in [0, 0.1) is 10.1 Å². The first-order chi connectivity index (χ1) is 14.9. The van der Waals surface area contributed by atoms with E-state index in [-0.39, 0.29) is 17.0 Å². The molecule has 1 aliphatic rings. The maximum absolute atomic E-state index is 13.0. The molecule has 0 spiro atoms. The summed E-state index contributed by atoms with van der Waals surface area (Å²) < 4.78 is 0. The lowest BCUT2D eigenvalue weighted by Gasteiger charge is -2.25. The van der Waals surface area contributed by atoms with Gasteiger partial charge in [-0.1, -0.05) is 41.9 Å². The second kappa shape index (κ2) is 8.04. The van der Waals surface area contributed by atoms with Gasteiger partial charge in [-0.2, -0.15) is 0 Å². The molecule has 0 aromatic heterocycles. The standard InChI is InChI=1S/C23H15ClN2O5/c24-16-11-9-14(10-12-16)21(27)19-20(15-5-4-8-18(13-15)26(30)31)25(23(29)22(19)28)17-6-2-1-3-7-17/h1-13,20,27H. The van der Waals surface area contributed by atoms with Crippen LogP contribution in [0.5, 0.6) is 0 Å². The molecule has 1 unspecified atom stereocenters. The highest BCUT2D eigenvalue weighted by atomic mass is 35.5. The van der Waals surface area contributed by atoms with E-state index in [2.05, 4.69) is 0 Å². The zero-order chi connectivity index (χ0) is 22.1. The first-order valence-electron chi connectivity index (χ1n) is 9.25. The summed E-state index contributed by atoms with van der Waals surface area (Å²) in [5.74, 6) is -2.10. The highest BCUT2D eigenvalue weighted by Crippen LogP contribution is 2.42. The number of Topliss-reactive ketones (excluding diaryl/α,β-unsaturated/α-hetero) is 1. The molecule has 31 heavy (non-hydrogen) atoms. The van der Waals surface area contributed by atoms with Crippen LogP contribution in [0.1, 0.15) is 17.2 Å². The minimum atomic E-state index is -1.04. The number of rotatable bonds is 4. The molecule has 4 rings (SSSR count). The topological polar surface area (TPSA) is 101 Å². The van der Waals surface area contributed by atoms with E-state index in [0.717, 1.165) is 0 Å². The fourth-order valence-corrected chi connectivity index (χ4v) is 3.70. The van der Waals surface area contributed by atoms with Crippen LogP contribution < -0.4 is 4.90 Å². The average molecular weight is 435 g/mol. The summed E-state index contributed by atoms with van der Waals surface area (Å²) in [7, 11) is 0. The molecular formula is C23H15ClN2O5. The number of benzene rings is 3. The number of halogens is 1. The Morgan fingerprint density at radius 3 is 2.29 bits per heavy atom. The number of aliphatic hydroxyl groups is 1. The van der Waals surface area contributed by atoms with E-state index in [0.29, 0.717) is 21.8 Å². The lowest BCUT2D eigenvalue weighted by molar-refractivity contribution is -0.384. The van der Waals surface area contributed by atoms with Crippen molar-refractivity contribution in [1.29, 1.82) is 0 Å². The first-order valence-corrected chi connectivity index (χ1v) is 9.62. The summed E-state index contributed by atoms with van der Waals surface area (Å²) >= 11 is 5.91. The van der Waals surface area contributed by atoms with Crippen molar-refractivity contribution in [3.05, 3.63) is 111 Å². The summed E-state index contributed by atoms with van der Waals surface area (Å²) in [5, 5.41) is 22.7. The number of anilines is 1. The summed E-state index contributed by atoms with van der Waals surface area (Å²) in [6, 6.07) is 19.2. The van der Waals surface area contributed by atoms with Gasteiger partial charge in [-0.05, 0) is 42.0 Å². The van der Waals surface area contributed by atoms with Crippen molar-refractivity contribution in [1.82, 2.24) is 0 Å². The zero-order valence-electron chi connectivity index (χ0n) is 15.9. The molecule has 1 fully saturated rings. The number of hydrogen-bond acceptors (Lipinski definition) is 5. The van der Waals surface area contributed by atoms with Crippen LogP contribution in [0.4, 0.5) is 11.4 Å². The Bertz CT molecular complexity index is 1220. The maximum Gasteiger partial charge on any atom is 0.300 e. The number of amides is 1. The summed E-state index contributed by atoms with van der Waals surface area (Å²) in [6.07, 6.45) is 0. The number of para-hydroxylation sites is 1. The number of nitro groups is 1. The number of non-ortho nitro benzene ring substituents is 1. The molecule has 0 bridgehead atoms.